The molecule has 88 valence electrons. The van der Waals surface area contributed by atoms with Crippen molar-refractivity contribution in [1.82, 2.24) is 0 Å². The van der Waals surface area contributed by atoms with Crippen LogP contribution in [-0.2, 0) is 0 Å². The third-order valence-corrected chi connectivity index (χ3v) is 3.67. The predicted molar refractivity (Wildman–Crippen MR) is 72.9 cm³/mol. The van der Waals surface area contributed by atoms with Gasteiger partial charge in [0.2, 0.25) is 0 Å². The van der Waals surface area contributed by atoms with E-state index >= 15 is 0 Å². The average Bonchev–Trinajstić information content (AvgIpc) is 2.70. The molecule has 1 heterocycles. The second-order valence-corrected chi connectivity index (χ2v) is 4.95. The van der Waals surface area contributed by atoms with Crippen LogP contribution >= 0.6 is 22.9 Å². The molecular weight excluding hydrogens is 256 g/mol. The van der Waals surface area contributed by atoms with Crippen LogP contribution < -0.4 is 11.1 Å². The lowest BCUT2D eigenvalue weighted by atomic mass is 10.2. The number of anilines is 2. The third kappa shape index (κ3) is 2.60. The monoisotopic (exact) mass is 266 g/mol. The summed E-state index contributed by atoms with van der Waals surface area (Å²) in [7, 11) is 0. The first-order chi connectivity index (χ1) is 8.08. The van der Waals surface area contributed by atoms with E-state index in [9.17, 15) is 4.79 Å². The molecule has 2 aromatic rings. The Morgan fingerprint density at radius 3 is 2.76 bits per heavy atom. The van der Waals surface area contributed by atoms with Crippen molar-refractivity contribution in [3.05, 3.63) is 45.1 Å². The van der Waals surface area contributed by atoms with Crippen molar-refractivity contribution in [1.29, 1.82) is 0 Å². The van der Waals surface area contributed by atoms with Crippen molar-refractivity contribution in [2.75, 3.05) is 11.1 Å². The van der Waals surface area contributed by atoms with E-state index in [0.717, 1.165) is 5.56 Å². The zero-order chi connectivity index (χ0) is 12.4. The van der Waals surface area contributed by atoms with Gasteiger partial charge in [0.1, 0.15) is 4.88 Å². The molecular formula is C12H11ClN2OS. The van der Waals surface area contributed by atoms with Crippen LogP contribution in [0.5, 0.6) is 0 Å². The molecule has 1 amide bonds. The molecule has 0 atom stereocenters. The molecule has 0 bridgehead atoms. The van der Waals surface area contributed by atoms with Gasteiger partial charge in [0, 0.05) is 10.7 Å². The van der Waals surface area contributed by atoms with Crippen molar-refractivity contribution in [2.24, 2.45) is 0 Å². The molecule has 3 nitrogen and oxygen atoms in total. The highest BCUT2D eigenvalue weighted by molar-refractivity contribution is 7.12. The number of rotatable bonds is 2. The van der Waals surface area contributed by atoms with Crippen LogP contribution in [0.25, 0.3) is 0 Å². The second-order valence-electron chi connectivity index (χ2n) is 3.62. The standard InChI is InChI=1S/C12H11ClN2OS/c1-7-2-3-8(6-9(7)13)15-12(16)11-10(14)4-5-17-11/h2-6H,14H2,1H3,(H,15,16). The van der Waals surface area contributed by atoms with Gasteiger partial charge in [-0.15, -0.1) is 11.3 Å². The molecule has 0 fully saturated rings. The van der Waals surface area contributed by atoms with Gasteiger partial charge in [0.05, 0.1) is 5.69 Å². The largest absolute Gasteiger partial charge is 0.397 e. The molecule has 0 aliphatic rings. The number of halogens is 1. The summed E-state index contributed by atoms with van der Waals surface area (Å²) in [5.41, 5.74) is 7.80. The van der Waals surface area contributed by atoms with Gasteiger partial charge in [-0.3, -0.25) is 4.79 Å². The van der Waals surface area contributed by atoms with Crippen LogP contribution in [-0.4, -0.2) is 5.91 Å². The second kappa shape index (κ2) is 4.77. The zero-order valence-corrected chi connectivity index (χ0v) is 10.7. The van der Waals surface area contributed by atoms with Gasteiger partial charge in [-0.05, 0) is 36.1 Å². The maximum atomic E-state index is 11.9. The van der Waals surface area contributed by atoms with Crippen LogP contribution in [0, 0.1) is 6.92 Å². The van der Waals surface area contributed by atoms with Gasteiger partial charge < -0.3 is 11.1 Å². The van der Waals surface area contributed by atoms with Gasteiger partial charge in [0.15, 0.2) is 0 Å². The summed E-state index contributed by atoms with van der Waals surface area (Å²) in [6.45, 7) is 1.91. The third-order valence-electron chi connectivity index (χ3n) is 2.33. The Morgan fingerprint density at radius 2 is 2.18 bits per heavy atom. The van der Waals surface area contributed by atoms with Crippen LogP contribution in [0.4, 0.5) is 11.4 Å². The number of aryl methyl sites for hydroxylation is 1. The van der Waals surface area contributed by atoms with Crippen molar-refractivity contribution >= 4 is 40.2 Å². The number of amides is 1. The Balaban J connectivity index is 2.19. The Labute approximate surface area is 108 Å². The smallest absolute Gasteiger partial charge is 0.267 e. The van der Waals surface area contributed by atoms with Crippen molar-refractivity contribution < 1.29 is 4.79 Å². The summed E-state index contributed by atoms with van der Waals surface area (Å²) >= 11 is 7.29. The number of hydrogen-bond acceptors (Lipinski definition) is 3. The number of hydrogen-bond donors (Lipinski definition) is 2. The highest BCUT2D eigenvalue weighted by Gasteiger charge is 2.11. The predicted octanol–water partition coefficient (Wildman–Crippen LogP) is 3.54. The Hall–Kier alpha value is -1.52. The molecule has 2 rings (SSSR count). The summed E-state index contributed by atoms with van der Waals surface area (Å²) in [5.74, 6) is -0.211. The van der Waals surface area contributed by atoms with Gasteiger partial charge in [-0.25, -0.2) is 0 Å². The van der Waals surface area contributed by atoms with Crippen LogP contribution in [0.15, 0.2) is 29.6 Å². The summed E-state index contributed by atoms with van der Waals surface area (Å²) in [6, 6.07) is 7.10. The minimum absolute atomic E-state index is 0.211. The van der Waals surface area contributed by atoms with E-state index in [-0.39, 0.29) is 5.91 Å². The first-order valence-electron chi connectivity index (χ1n) is 4.98. The summed E-state index contributed by atoms with van der Waals surface area (Å²) in [4.78, 5) is 12.4. The van der Waals surface area contributed by atoms with Crippen molar-refractivity contribution in [3.8, 4) is 0 Å². The molecule has 0 unspecified atom stereocenters. The lowest BCUT2D eigenvalue weighted by Gasteiger charge is -2.06. The van der Waals surface area contributed by atoms with Gasteiger partial charge in [-0.2, -0.15) is 0 Å². The molecule has 1 aromatic carbocycles. The fourth-order valence-electron chi connectivity index (χ4n) is 1.36. The minimum atomic E-state index is -0.211. The first-order valence-corrected chi connectivity index (χ1v) is 6.24. The minimum Gasteiger partial charge on any atom is -0.397 e. The lowest BCUT2D eigenvalue weighted by Crippen LogP contribution is -2.11. The highest BCUT2D eigenvalue weighted by atomic mass is 35.5. The molecule has 1 aromatic heterocycles. The Morgan fingerprint density at radius 1 is 1.41 bits per heavy atom. The fraction of sp³-hybridized carbons (Fsp3) is 0.0833. The molecule has 0 aliphatic carbocycles. The number of thiophene rings is 1. The normalized spacial score (nSPS) is 10.2. The summed E-state index contributed by atoms with van der Waals surface area (Å²) in [5, 5.41) is 5.17. The van der Waals surface area contributed by atoms with Gasteiger partial charge in [0.25, 0.3) is 5.91 Å². The molecule has 0 spiro atoms. The van der Waals surface area contributed by atoms with E-state index in [4.69, 9.17) is 17.3 Å². The van der Waals surface area contributed by atoms with Crippen molar-refractivity contribution in [2.45, 2.75) is 6.92 Å². The summed E-state index contributed by atoms with van der Waals surface area (Å²) in [6.07, 6.45) is 0. The molecule has 0 aliphatic heterocycles. The molecule has 17 heavy (non-hydrogen) atoms. The SMILES string of the molecule is Cc1ccc(NC(=O)c2sccc2N)cc1Cl. The number of benzene rings is 1. The Bertz CT molecular complexity index is 565. The Kier molecular flexibility index (Phi) is 3.36. The highest BCUT2D eigenvalue weighted by Crippen LogP contribution is 2.23. The number of carbonyl (C=O) groups excluding carboxylic acids is 1. The molecule has 3 N–H and O–H groups in total. The van der Waals surface area contributed by atoms with E-state index in [2.05, 4.69) is 5.32 Å². The number of nitrogens with two attached hydrogens (primary N) is 1. The van der Waals surface area contributed by atoms with Crippen LogP contribution in [0.2, 0.25) is 5.02 Å². The van der Waals surface area contributed by atoms with E-state index in [1.165, 1.54) is 11.3 Å². The van der Waals surface area contributed by atoms with Gasteiger partial charge >= 0.3 is 0 Å². The first kappa shape index (κ1) is 12.0. The lowest BCUT2D eigenvalue weighted by molar-refractivity contribution is 0.103. The van der Waals surface area contributed by atoms with Crippen LogP contribution in [0.3, 0.4) is 0 Å². The van der Waals surface area contributed by atoms with Crippen LogP contribution in [0.1, 0.15) is 15.2 Å². The summed E-state index contributed by atoms with van der Waals surface area (Å²) < 4.78 is 0. The quantitative estimate of drug-likeness (QED) is 0.873. The number of carbonyl (C=O) groups is 1. The number of nitrogen functional groups attached to an aromatic ring is 1. The van der Waals surface area contributed by atoms with E-state index in [0.29, 0.717) is 21.3 Å². The number of nitrogens with one attached hydrogen (secondary N) is 1. The topological polar surface area (TPSA) is 55.1 Å². The maximum Gasteiger partial charge on any atom is 0.267 e. The molecule has 5 heteroatoms. The molecule has 0 saturated heterocycles. The zero-order valence-electron chi connectivity index (χ0n) is 9.16. The average molecular weight is 267 g/mol. The molecule has 0 saturated carbocycles. The fourth-order valence-corrected chi connectivity index (χ4v) is 2.26. The van der Waals surface area contributed by atoms with E-state index in [1.54, 1.807) is 17.5 Å². The van der Waals surface area contributed by atoms with E-state index < -0.39 is 0 Å². The maximum absolute atomic E-state index is 11.9. The molecule has 0 radical (unpaired) electrons. The van der Waals surface area contributed by atoms with Crippen molar-refractivity contribution in [3.63, 3.8) is 0 Å². The van der Waals surface area contributed by atoms with E-state index in [1.807, 2.05) is 19.1 Å². The van der Waals surface area contributed by atoms with Gasteiger partial charge in [-0.1, -0.05) is 17.7 Å².